The first-order chi connectivity index (χ1) is 7.42. The normalized spacial score (nSPS) is 13.1. The van der Waals surface area contributed by atoms with Gasteiger partial charge in [-0.3, -0.25) is 0 Å². The second-order valence-corrected chi connectivity index (χ2v) is 2.31. The van der Waals surface area contributed by atoms with Gasteiger partial charge in [0.15, 0.2) is 0 Å². The fraction of sp³-hybridized carbons (Fsp3) is 0.111. The molecule has 7 nitrogen and oxygen atoms in total. The highest BCUT2D eigenvalue weighted by Crippen LogP contribution is 2.07. The van der Waals surface area contributed by atoms with Crippen molar-refractivity contribution < 1.29 is 34.4 Å². The van der Waals surface area contributed by atoms with Crippen molar-refractivity contribution in [1.82, 2.24) is 0 Å². The first-order valence-corrected chi connectivity index (χ1v) is 3.89. The number of carbonyl (C=O) groups is 2. The Morgan fingerprint density at radius 3 is 2.06 bits per heavy atom. The topological polar surface area (TPSA) is 113 Å². The van der Waals surface area contributed by atoms with E-state index in [1.165, 1.54) is 0 Å². The summed E-state index contributed by atoms with van der Waals surface area (Å²) >= 11 is 0. The summed E-state index contributed by atoms with van der Waals surface area (Å²) in [4.78, 5) is 21.2. The van der Waals surface area contributed by atoms with Crippen LogP contribution in [0.25, 0.3) is 0 Å². The summed E-state index contributed by atoms with van der Waals surface area (Å²) in [7, 11) is 0. The molecule has 0 amide bonds. The van der Waals surface area contributed by atoms with Crippen LogP contribution in [0.2, 0.25) is 0 Å². The molecule has 16 heavy (non-hydrogen) atoms. The highest BCUT2D eigenvalue weighted by molar-refractivity contribution is 5.82. The van der Waals surface area contributed by atoms with Crippen LogP contribution in [0.1, 0.15) is 0 Å². The highest BCUT2D eigenvalue weighted by Gasteiger charge is 2.20. The molecule has 0 saturated carbocycles. The summed E-state index contributed by atoms with van der Waals surface area (Å²) < 4.78 is 8.16. The predicted octanol–water partition coefficient (Wildman–Crippen LogP) is 0.0483. The monoisotopic (exact) mass is 230 g/mol. The molecule has 0 aliphatic carbocycles. The van der Waals surface area contributed by atoms with Gasteiger partial charge < -0.3 is 24.8 Å². The van der Waals surface area contributed by atoms with Gasteiger partial charge >= 0.3 is 17.9 Å². The van der Waals surface area contributed by atoms with Gasteiger partial charge in [-0.2, -0.15) is 0 Å². The van der Waals surface area contributed by atoms with Crippen molar-refractivity contribution in [2.75, 3.05) is 0 Å². The molecule has 0 aromatic carbocycles. The lowest BCUT2D eigenvalue weighted by atomic mass is 10.5. The first kappa shape index (κ1) is 13.7. The van der Waals surface area contributed by atoms with E-state index in [2.05, 4.69) is 22.6 Å². The van der Waals surface area contributed by atoms with Crippen LogP contribution >= 0.6 is 0 Å². The van der Waals surface area contributed by atoms with Gasteiger partial charge in [0.25, 0.3) is 6.29 Å². The Balaban J connectivity index is 4.60. The van der Waals surface area contributed by atoms with Gasteiger partial charge in [0, 0.05) is 12.2 Å². The molecule has 0 fully saturated rings. The van der Waals surface area contributed by atoms with Gasteiger partial charge in [-0.15, -0.1) is 0 Å². The van der Waals surface area contributed by atoms with E-state index in [4.69, 9.17) is 15.3 Å². The Kier molecular flexibility index (Phi) is 5.36. The standard InChI is InChI=1S/C9H10O7/c1-3-5(10)15-8(13)7(12)9(14)16-6(11)4-2/h3-4,8,12-14H,1-2H2/b9-7-. The summed E-state index contributed by atoms with van der Waals surface area (Å²) in [5, 5.41) is 27.0. The average Bonchev–Trinajstić information content (AvgIpc) is 2.27. The summed E-state index contributed by atoms with van der Waals surface area (Å²) in [5.74, 6) is -4.63. The first-order valence-electron chi connectivity index (χ1n) is 3.89. The van der Waals surface area contributed by atoms with Crippen molar-refractivity contribution >= 4 is 11.9 Å². The van der Waals surface area contributed by atoms with E-state index >= 15 is 0 Å². The Bertz CT molecular complexity index is 342. The number of carbonyl (C=O) groups excluding carboxylic acids is 2. The smallest absolute Gasteiger partial charge is 0.338 e. The zero-order valence-electron chi connectivity index (χ0n) is 8.12. The lowest BCUT2D eigenvalue weighted by Crippen LogP contribution is -2.21. The van der Waals surface area contributed by atoms with E-state index in [9.17, 15) is 9.59 Å². The fourth-order valence-corrected chi connectivity index (χ4v) is 0.509. The molecule has 0 radical (unpaired) electrons. The molecule has 0 aromatic rings. The molecule has 0 rings (SSSR count). The minimum absolute atomic E-state index is 0.714. The van der Waals surface area contributed by atoms with Crippen molar-refractivity contribution in [1.29, 1.82) is 0 Å². The van der Waals surface area contributed by atoms with Crippen molar-refractivity contribution in [3.63, 3.8) is 0 Å². The van der Waals surface area contributed by atoms with E-state index in [1.807, 2.05) is 0 Å². The Morgan fingerprint density at radius 2 is 1.62 bits per heavy atom. The number of esters is 2. The van der Waals surface area contributed by atoms with Crippen molar-refractivity contribution in [2.45, 2.75) is 6.29 Å². The van der Waals surface area contributed by atoms with E-state index < -0.39 is 29.9 Å². The van der Waals surface area contributed by atoms with E-state index in [-0.39, 0.29) is 0 Å². The lowest BCUT2D eigenvalue weighted by molar-refractivity contribution is -0.161. The molecule has 0 spiro atoms. The highest BCUT2D eigenvalue weighted by atomic mass is 16.7. The maximum absolute atomic E-state index is 10.6. The molecule has 0 aromatic heterocycles. The van der Waals surface area contributed by atoms with Gasteiger partial charge in [0.05, 0.1) is 0 Å². The quantitative estimate of drug-likeness (QED) is 0.264. The Morgan fingerprint density at radius 1 is 1.12 bits per heavy atom. The molecule has 0 saturated heterocycles. The lowest BCUT2D eigenvalue weighted by Gasteiger charge is -2.10. The summed E-state index contributed by atoms with van der Waals surface area (Å²) in [6.07, 6.45) is -0.724. The van der Waals surface area contributed by atoms with Crippen LogP contribution in [0, 0.1) is 0 Å². The largest absolute Gasteiger partial charge is 0.501 e. The van der Waals surface area contributed by atoms with Crippen LogP contribution in [0.15, 0.2) is 37.0 Å². The Labute approximate surface area is 90.5 Å². The van der Waals surface area contributed by atoms with Crippen LogP contribution in [-0.4, -0.2) is 33.5 Å². The molecule has 1 unspecified atom stereocenters. The van der Waals surface area contributed by atoms with Gasteiger partial charge in [-0.05, 0) is 0 Å². The second-order valence-electron chi connectivity index (χ2n) is 2.31. The molecule has 3 N–H and O–H groups in total. The summed E-state index contributed by atoms with van der Waals surface area (Å²) in [5.41, 5.74) is 0. The minimum Gasteiger partial charge on any atom is -0.501 e. The molecule has 0 heterocycles. The van der Waals surface area contributed by atoms with Gasteiger partial charge in [-0.25, -0.2) is 9.59 Å². The number of aliphatic hydroxyl groups is 3. The van der Waals surface area contributed by atoms with E-state index in [0.717, 1.165) is 6.08 Å². The third-order valence-corrected chi connectivity index (χ3v) is 1.21. The van der Waals surface area contributed by atoms with Crippen LogP contribution in [-0.2, 0) is 19.1 Å². The van der Waals surface area contributed by atoms with E-state index in [0.29, 0.717) is 6.08 Å². The molecule has 1 atom stereocenters. The van der Waals surface area contributed by atoms with Crippen molar-refractivity contribution in [3.8, 4) is 0 Å². The fourth-order valence-electron chi connectivity index (χ4n) is 0.509. The third-order valence-electron chi connectivity index (χ3n) is 1.21. The zero-order chi connectivity index (χ0) is 12.7. The molecule has 0 aliphatic rings. The minimum atomic E-state index is -2.16. The summed E-state index contributed by atoms with van der Waals surface area (Å²) in [6.45, 7) is 6.06. The van der Waals surface area contributed by atoms with Crippen LogP contribution in [0.3, 0.4) is 0 Å². The Hall–Kier alpha value is -2.28. The predicted molar refractivity (Wildman–Crippen MR) is 50.9 cm³/mol. The maximum Gasteiger partial charge on any atom is 0.338 e. The number of ether oxygens (including phenoxy) is 2. The van der Waals surface area contributed by atoms with Crippen LogP contribution in [0.4, 0.5) is 0 Å². The van der Waals surface area contributed by atoms with Crippen LogP contribution in [0.5, 0.6) is 0 Å². The molecular formula is C9H10O7. The summed E-state index contributed by atoms with van der Waals surface area (Å²) in [6, 6.07) is 0. The average molecular weight is 230 g/mol. The van der Waals surface area contributed by atoms with E-state index in [1.54, 1.807) is 0 Å². The van der Waals surface area contributed by atoms with Gasteiger partial charge in [0.1, 0.15) is 0 Å². The molecule has 7 heteroatoms. The van der Waals surface area contributed by atoms with Gasteiger partial charge in [0.2, 0.25) is 5.76 Å². The molecule has 0 aliphatic heterocycles. The van der Waals surface area contributed by atoms with Crippen molar-refractivity contribution in [2.24, 2.45) is 0 Å². The number of hydrogen-bond donors (Lipinski definition) is 3. The molecule has 0 bridgehead atoms. The van der Waals surface area contributed by atoms with Gasteiger partial charge in [-0.1, -0.05) is 13.2 Å². The molecular weight excluding hydrogens is 220 g/mol. The van der Waals surface area contributed by atoms with Crippen molar-refractivity contribution in [3.05, 3.63) is 37.0 Å². The number of rotatable bonds is 5. The second kappa shape index (κ2) is 6.25. The molecule has 88 valence electrons. The SMILES string of the molecule is C=CC(=O)O/C(O)=C(\O)C(O)OC(=O)C=C. The third kappa shape index (κ3) is 4.29. The number of hydrogen-bond acceptors (Lipinski definition) is 7. The van der Waals surface area contributed by atoms with Crippen LogP contribution < -0.4 is 0 Å². The number of aliphatic hydroxyl groups excluding tert-OH is 3. The maximum atomic E-state index is 10.6. The zero-order valence-corrected chi connectivity index (χ0v) is 8.12.